The SMILES string of the molecule is CCC(Cc1ccccc1)NCCCCc1cccc(-c2cccc(CCCCNC(CC)C(C)c3ccccc3)c2C)c1C. The number of benzene rings is 4. The summed E-state index contributed by atoms with van der Waals surface area (Å²) in [5, 5.41) is 7.67. The van der Waals surface area contributed by atoms with Gasteiger partial charge in [-0.05, 0) is 135 Å². The molecule has 3 atom stereocenters. The van der Waals surface area contributed by atoms with Crippen molar-refractivity contribution in [3.05, 3.63) is 130 Å². The average Bonchev–Trinajstić information content (AvgIpc) is 3.08. The Kier molecular flexibility index (Phi) is 14.4. The predicted octanol–water partition coefficient (Wildman–Crippen LogP) is 10.4. The fourth-order valence-corrected chi connectivity index (χ4v) is 6.89. The van der Waals surface area contributed by atoms with Crippen LogP contribution in [0.2, 0.25) is 0 Å². The van der Waals surface area contributed by atoms with E-state index in [4.69, 9.17) is 0 Å². The molecular formula is C43H58N2. The van der Waals surface area contributed by atoms with E-state index in [9.17, 15) is 0 Å². The van der Waals surface area contributed by atoms with Gasteiger partial charge in [-0.3, -0.25) is 0 Å². The summed E-state index contributed by atoms with van der Waals surface area (Å²) in [5.74, 6) is 0.532. The van der Waals surface area contributed by atoms with E-state index in [-0.39, 0.29) is 0 Å². The van der Waals surface area contributed by atoms with Gasteiger partial charge in [-0.15, -0.1) is 0 Å². The molecule has 0 aliphatic carbocycles. The molecule has 4 rings (SSSR count). The van der Waals surface area contributed by atoms with E-state index >= 15 is 0 Å². The van der Waals surface area contributed by atoms with Crippen LogP contribution in [0, 0.1) is 13.8 Å². The molecule has 0 fully saturated rings. The molecule has 0 bridgehead atoms. The molecule has 4 aromatic carbocycles. The highest BCUT2D eigenvalue weighted by molar-refractivity contribution is 5.72. The summed E-state index contributed by atoms with van der Waals surface area (Å²) in [6.07, 6.45) is 10.6. The molecule has 240 valence electrons. The Bertz CT molecular complexity index is 1390. The van der Waals surface area contributed by atoms with Crippen molar-refractivity contribution in [1.29, 1.82) is 0 Å². The van der Waals surface area contributed by atoms with Crippen LogP contribution >= 0.6 is 0 Å². The molecule has 45 heavy (non-hydrogen) atoms. The van der Waals surface area contributed by atoms with Crippen molar-refractivity contribution in [1.82, 2.24) is 10.6 Å². The van der Waals surface area contributed by atoms with Crippen molar-refractivity contribution in [2.45, 2.75) is 110 Å². The van der Waals surface area contributed by atoms with Gasteiger partial charge < -0.3 is 10.6 Å². The smallest absolute Gasteiger partial charge is 0.0130 e. The van der Waals surface area contributed by atoms with E-state index in [0.717, 1.165) is 38.8 Å². The van der Waals surface area contributed by atoms with Crippen LogP contribution in [0.25, 0.3) is 11.1 Å². The normalized spacial score (nSPS) is 13.4. The number of nitrogens with one attached hydrogen (secondary N) is 2. The lowest BCUT2D eigenvalue weighted by molar-refractivity contribution is 0.431. The van der Waals surface area contributed by atoms with Gasteiger partial charge in [-0.1, -0.05) is 118 Å². The van der Waals surface area contributed by atoms with Crippen molar-refractivity contribution < 1.29 is 0 Å². The van der Waals surface area contributed by atoms with Crippen LogP contribution in [0.1, 0.15) is 98.6 Å². The Labute approximate surface area is 275 Å². The Balaban J connectivity index is 1.25. The second kappa shape index (κ2) is 18.7. The topological polar surface area (TPSA) is 24.1 Å². The third kappa shape index (κ3) is 10.4. The lowest BCUT2D eigenvalue weighted by atomic mass is 9.89. The summed E-state index contributed by atoms with van der Waals surface area (Å²) in [6, 6.07) is 36.7. The third-order valence-corrected chi connectivity index (χ3v) is 9.95. The van der Waals surface area contributed by atoms with E-state index in [1.54, 1.807) is 0 Å². The predicted molar refractivity (Wildman–Crippen MR) is 196 cm³/mol. The molecule has 0 aliphatic heterocycles. The zero-order chi connectivity index (χ0) is 31.9. The second-order valence-electron chi connectivity index (χ2n) is 13.0. The van der Waals surface area contributed by atoms with Crippen molar-refractivity contribution in [2.75, 3.05) is 13.1 Å². The first kappa shape index (κ1) is 34.7. The molecule has 0 amide bonds. The van der Waals surface area contributed by atoms with Crippen LogP contribution in [0.5, 0.6) is 0 Å². The Morgan fingerprint density at radius 3 is 1.62 bits per heavy atom. The molecule has 0 heterocycles. The molecule has 2 N–H and O–H groups in total. The Hall–Kier alpha value is -3.20. The summed E-state index contributed by atoms with van der Waals surface area (Å²) in [6.45, 7) is 13.8. The van der Waals surface area contributed by atoms with Crippen LogP contribution < -0.4 is 10.6 Å². The molecule has 0 saturated heterocycles. The highest BCUT2D eigenvalue weighted by Crippen LogP contribution is 2.31. The van der Waals surface area contributed by atoms with Crippen molar-refractivity contribution in [2.24, 2.45) is 0 Å². The average molecular weight is 603 g/mol. The van der Waals surface area contributed by atoms with E-state index in [0.29, 0.717) is 18.0 Å². The summed E-state index contributed by atoms with van der Waals surface area (Å²) in [7, 11) is 0. The van der Waals surface area contributed by atoms with Crippen molar-refractivity contribution in [3.63, 3.8) is 0 Å². The quantitative estimate of drug-likeness (QED) is 0.104. The van der Waals surface area contributed by atoms with Gasteiger partial charge >= 0.3 is 0 Å². The zero-order valence-electron chi connectivity index (χ0n) is 28.7. The van der Waals surface area contributed by atoms with Crippen LogP contribution in [-0.2, 0) is 19.3 Å². The van der Waals surface area contributed by atoms with Crippen LogP contribution in [0.3, 0.4) is 0 Å². The fraction of sp³-hybridized carbons (Fsp3) is 0.442. The minimum absolute atomic E-state index is 0.525. The van der Waals surface area contributed by atoms with Gasteiger partial charge in [-0.2, -0.15) is 0 Å². The van der Waals surface area contributed by atoms with E-state index in [2.05, 4.69) is 142 Å². The lowest BCUT2D eigenvalue weighted by Crippen LogP contribution is -2.34. The lowest BCUT2D eigenvalue weighted by Gasteiger charge is -2.24. The first-order valence-corrected chi connectivity index (χ1v) is 17.7. The zero-order valence-corrected chi connectivity index (χ0v) is 28.7. The van der Waals surface area contributed by atoms with Crippen LogP contribution in [-0.4, -0.2) is 25.2 Å². The maximum absolute atomic E-state index is 3.86. The Morgan fingerprint density at radius 1 is 0.556 bits per heavy atom. The molecule has 0 aromatic heterocycles. The maximum atomic E-state index is 3.86. The fourth-order valence-electron chi connectivity index (χ4n) is 6.89. The molecule has 0 radical (unpaired) electrons. The second-order valence-corrected chi connectivity index (χ2v) is 13.0. The van der Waals surface area contributed by atoms with E-state index in [1.165, 1.54) is 76.6 Å². The molecule has 0 spiro atoms. The monoisotopic (exact) mass is 602 g/mol. The van der Waals surface area contributed by atoms with Gasteiger partial charge in [0.1, 0.15) is 0 Å². The van der Waals surface area contributed by atoms with Crippen molar-refractivity contribution in [3.8, 4) is 11.1 Å². The van der Waals surface area contributed by atoms with Crippen LogP contribution in [0.15, 0.2) is 97.1 Å². The number of unbranched alkanes of at least 4 members (excludes halogenated alkanes) is 2. The van der Waals surface area contributed by atoms with E-state index < -0.39 is 0 Å². The van der Waals surface area contributed by atoms with Gasteiger partial charge in [0.05, 0.1) is 0 Å². The van der Waals surface area contributed by atoms with Gasteiger partial charge in [-0.25, -0.2) is 0 Å². The first-order chi connectivity index (χ1) is 22.0. The minimum atomic E-state index is 0.525. The standard InChI is InChI=1S/C43H58N2/c1-6-40(32-36-20-10-8-11-21-36)44-30-16-14-24-37-26-18-28-41(33(37)3)42-29-19-27-38(34(42)4)25-15-17-31-45-43(7-2)35(5)39-22-12-9-13-23-39/h8-13,18-23,26-29,35,40,43-45H,6-7,14-17,24-25,30-32H2,1-5H3. The molecular weight excluding hydrogens is 544 g/mol. The van der Waals surface area contributed by atoms with Gasteiger partial charge in [0.15, 0.2) is 0 Å². The summed E-state index contributed by atoms with van der Waals surface area (Å²) in [4.78, 5) is 0. The van der Waals surface area contributed by atoms with Gasteiger partial charge in [0, 0.05) is 12.1 Å². The first-order valence-electron chi connectivity index (χ1n) is 17.7. The molecule has 0 saturated carbocycles. The summed E-state index contributed by atoms with van der Waals surface area (Å²) in [5.41, 5.74) is 11.5. The third-order valence-electron chi connectivity index (χ3n) is 9.95. The van der Waals surface area contributed by atoms with Gasteiger partial charge in [0.2, 0.25) is 0 Å². The van der Waals surface area contributed by atoms with E-state index in [1.807, 2.05) is 0 Å². The highest BCUT2D eigenvalue weighted by Gasteiger charge is 2.16. The largest absolute Gasteiger partial charge is 0.314 e. The highest BCUT2D eigenvalue weighted by atomic mass is 14.9. The van der Waals surface area contributed by atoms with Gasteiger partial charge in [0.25, 0.3) is 0 Å². The molecule has 4 aromatic rings. The van der Waals surface area contributed by atoms with Crippen LogP contribution in [0.4, 0.5) is 0 Å². The number of hydrogen-bond acceptors (Lipinski definition) is 2. The molecule has 0 aliphatic rings. The maximum Gasteiger partial charge on any atom is 0.0130 e. The summed E-state index contributed by atoms with van der Waals surface area (Å²) < 4.78 is 0. The summed E-state index contributed by atoms with van der Waals surface area (Å²) >= 11 is 0. The molecule has 2 nitrogen and oxygen atoms in total. The minimum Gasteiger partial charge on any atom is -0.314 e. The molecule has 3 unspecified atom stereocenters. The number of aryl methyl sites for hydroxylation is 2. The molecule has 2 heteroatoms. The number of hydrogen-bond donors (Lipinski definition) is 2. The van der Waals surface area contributed by atoms with Crippen molar-refractivity contribution >= 4 is 0 Å². The Morgan fingerprint density at radius 2 is 1.09 bits per heavy atom. The number of rotatable bonds is 19.